The van der Waals surface area contributed by atoms with E-state index in [4.69, 9.17) is 0 Å². The molecule has 0 aromatic carbocycles. The van der Waals surface area contributed by atoms with Crippen molar-refractivity contribution in [1.82, 2.24) is 20.2 Å². The van der Waals surface area contributed by atoms with Gasteiger partial charge in [0.05, 0.1) is 0 Å². The van der Waals surface area contributed by atoms with Gasteiger partial charge in [0.15, 0.2) is 0 Å². The van der Waals surface area contributed by atoms with Crippen molar-refractivity contribution in [3.05, 3.63) is 0 Å². The van der Waals surface area contributed by atoms with Crippen molar-refractivity contribution in [3.8, 4) is 0 Å². The minimum Gasteiger partial charge on any atom is -0.319 e. The lowest BCUT2D eigenvalue weighted by Gasteiger charge is -2.10. The van der Waals surface area contributed by atoms with Gasteiger partial charge in [-0.2, -0.15) is 0 Å². The zero-order chi connectivity index (χ0) is 14.5. The van der Waals surface area contributed by atoms with Gasteiger partial charge in [0.25, 0.3) is 10.0 Å². The summed E-state index contributed by atoms with van der Waals surface area (Å²) in [4.78, 5) is 10.8. The van der Waals surface area contributed by atoms with Gasteiger partial charge in [0, 0.05) is 13.5 Å². The first-order valence-electron chi connectivity index (χ1n) is 5.60. The normalized spacial score (nSPS) is 13.2. The summed E-state index contributed by atoms with van der Waals surface area (Å²) in [6.07, 6.45) is 0. The predicted molar refractivity (Wildman–Crippen MR) is 72.5 cm³/mol. The monoisotopic (exact) mass is 307 g/mol. The number of hydrogen-bond acceptors (Lipinski definition) is 7. The van der Waals surface area contributed by atoms with E-state index in [9.17, 15) is 13.2 Å². The van der Waals surface area contributed by atoms with Crippen LogP contribution in [0.25, 0.3) is 0 Å². The van der Waals surface area contributed by atoms with Gasteiger partial charge in [-0.15, -0.1) is 10.2 Å². The SMILES string of the molecule is CNCC(C)CNS(=O)(=O)c1nnc(NC(C)=O)s1. The highest BCUT2D eigenvalue weighted by molar-refractivity contribution is 7.91. The number of amides is 1. The van der Waals surface area contributed by atoms with Crippen molar-refractivity contribution in [2.75, 3.05) is 25.5 Å². The van der Waals surface area contributed by atoms with Crippen molar-refractivity contribution in [2.24, 2.45) is 5.92 Å². The summed E-state index contributed by atoms with van der Waals surface area (Å²) in [6, 6.07) is 0. The first kappa shape index (κ1) is 16.0. The second kappa shape index (κ2) is 6.89. The van der Waals surface area contributed by atoms with E-state index in [1.165, 1.54) is 6.92 Å². The van der Waals surface area contributed by atoms with Gasteiger partial charge in [-0.05, 0) is 19.5 Å². The molecule has 108 valence electrons. The molecule has 3 N–H and O–H groups in total. The highest BCUT2D eigenvalue weighted by Gasteiger charge is 2.20. The van der Waals surface area contributed by atoms with Crippen molar-refractivity contribution in [2.45, 2.75) is 18.2 Å². The number of carbonyl (C=O) groups excluding carboxylic acids is 1. The molecule has 0 spiro atoms. The number of hydrogen-bond donors (Lipinski definition) is 3. The van der Waals surface area contributed by atoms with Gasteiger partial charge in [-0.25, -0.2) is 13.1 Å². The van der Waals surface area contributed by atoms with E-state index in [1.807, 2.05) is 6.92 Å². The second-order valence-corrected chi connectivity index (χ2v) is 6.99. The zero-order valence-corrected chi connectivity index (χ0v) is 12.6. The van der Waals surface area contributed by atoms with E-state index in [0.29, 0.717) is 13.1 Å². The summed E-state index contributed by atoms with van der Waals surface area (Å²) < 4.78 is 26.1. The van der Waals surface area contributed by atoms with Crippen LogP contribution in [0.5, 0.6) is 0 Å². The van der Waals surface area contributed by atoms with E-state index in [0.717, 1.165) is 11.3 Å². The Morgan fingerprint density at radius 1 is 1.37 bits per heavy atom. The summed E-state index contributed by atoms with van der Waals surface area (Å²) in [5.74, 6) is -0.168. The lowest BCUT2D eigenvalue weighted by atomic mass is 10.2. The lowest BCUT2D eigenvalue weighted by molar-refractivity contribution is -0.114. The van der Waals surface area contributed by atoms with Gasteiger partial charge in [0.1, 0.15) is 0 Å². The van der Waals surface area contributed by atoms with Gasteiger partial charge < -0.3 is 10.6 Å². The average Bonchev–Trinajstić information content (AvgIpc) is 2.75. The number of nitrogens with zero attached hydrogens (tertiary/aromatic N) is 2. The highest BCUT2D eigenvalue weighted by Crippen LogP contribution is 2.19. The Labute approximate surface area is 116 Å². The fourth-order valence-electron chi connectivity index (χ4n) is 1.25. The summed E-state index contributed by atoms with van der Waals surface area (Å²) in [5, 5.41) is 12.7. The number of rotatable bonds is 7. The minimum atomic E-state index is -3.67. The first-order chi connectivity index (χ1) is 8.85. The van der Waals surface area contributed by atoms with Crippen LogP contribution >= 0.6 is 11.3 Å². The number of anilines is 1. The molecule has 0 aliphatic heterocycles. The molecular weight excluding hydrogens is 290 g/mol. The van der Waals surface area contributed by atoms with E-state index < -0.39 is 10.0 Å². The van der Waals surface area contributed by atoms with Gasteiger partial charge >= 0.3 is 0 Å². The molecule has 0 aliphatic carbocycles. The van der Waals surface area contributed by atoms with Crippen LogP contribution in [-0.2, 0) is 14.8 Å². The summed E-state index contributed by atoms with van der Waals surface area (Å²) in [5.41, 5.74) is 0. The van der Waals surface area contributed by atoms with Crippen molar-refractivity contribution in [3.63, 3.8) is 0 Å². The smallest absolute Gasteiger partial charge is 0.269 e. The molecule has 0 fully saturated rings. The molecule has 8 nitrogen and oxygen atoms in total. The van der Waals surface area contributed by atoms with Crippen molar-refractivity contribution >= 4 is 32.4 Å². The van der Waals surface area contributed by atoms with Crippen LogP contribution in [0.15, 0.2) is 4.34 Å². The summed E-state index contributed by atoms with van der Waals surface area (Å²) in [6.45, 7) is 4.24. The van der Waals surface area contributed by atoms with Crippen LogP contribution in [-0.4, -0.2) is 44.7 Å². The molecule has 1 heterocycles. The number of nitrogens with one attached hydrogen (secondary N) is 3. The van der Waals surface area contributed by atoms with Crippen molar-refractivity contribution in [1.29, 1.82) is 0 Å². The Kier molecular flexibility index (Phi) is 5.79. The third-order valence-corrected chi connectivity index (χ3v) is 4.72. The van der Waals surface area contributed by atoms with E-state index in [-0.39, 0.29) is 21.3 Å². The molecule has 1 aromatic heterocycles. The molecule has 1 rings (SSSR count). The molecule has 1 amide bonds. The van der Waals surface area contributed by atoms with Crippen molar-refractivity contribution < 1.29 is 13.2 Å². The third kappa shape index (κ3) is 5.19. The van der Waals surface area contributed by atoms with Crippen LogP contribution in [0.1, 0.15) is 13.8 Å². The Morgan fingerprint density at radius 2 is 2.05 bits per heavy atom. The van der Waals surface area contributed by atoms with Crippen LogP contribution in [0.3, 0.4) is 0 Å². The third-order valence-electron chi connectivity index (χ3n) is 2.09. The fraction of sp³-hybridized carbons (Fsp3) is 0.667. The van der Waals surface area contributed by atoms with Gasteiger partial charge in [-0.1, -0.05) is 18.3 Å². The predicted octanol–water partition coefficient (Wildman–Crippen LogP) is -0.370. The first-order valence-corrected chi connectivity index (χ1v) is 7.90. The molecule has 1 aromatic rings. The maximum absolute atomic E-state index is 11.9. The molecule has 0 saturated carbocycles. The molecular formula is C9H17N5O3S2. The Bertz CT molecular complexity index is 528. The molecule has 0 saturated heterocycles. The molecule has 0 radical (unpaired) electrons. The number of sulfonamides is 1. The van der Waals surface area contributed by atoms with E-state index in [1.54, 1.807) is 7.05 Å². The maximum atomic E-state index is 11.9. The number of aromatic nitrogens is 2. The van der Waals surface area contributed by atoms with Gasteiger partial charge in [0.2, 0.25) is 15.4 Å². The van der Waals surface area contributed by atoms with E-state index >= 15 is 0 Å². The quantitative estimate of drug-likeness (QED) is 0.592. The average molecular weight is 307 g/mol. The standard InChI is InChI=1S/C9H17N5O3S2/c1-6(4-10-3)5-11-19(16,17)9-14-13-8(18-9)12-7(2)15/h6,10-11H,4-5H2,1-3H3,(H,12,13,15). The van der Waals surface area contributed by atoms with Crippen LogP contribution in [0, 0.1) is 5.92 Å². The van der Waals surface area contributed by atoms with Crippen LogP contribution in [0.4, 0.5) is 5.13 Å². The number of carbonyl (C=O) groups is 1. The van der Waals surface area contributed by atoms with Crippen LogP contribution < -0.4 is 15.4 Å². The summed E-state index contributed by atoms with van der Waals surface area (Å²) in [7, 11) is -1.87. The molecule has 0 bridgehead atoms. The highest BCUT2D eigenvalue weighted by atomic mass is 32.2. The molecule has 0 aliphatic rings. The summed E-state index contributed by atoms with van der Waals surface area (Å²) >= 11 is 0.813. The molecule has 10 heteroatoms. The topological polar surface area (TPSA) is 113 Å². The largest absolute Gasteiger partial charge is 0.319 e. The lowest BCUT2D eigenvalue weighted by Crippen LogP contribution is -2.32. The maximum Gasteiger partial charge on any atom is 0.269 e. The Hall–Kier alpha value is -1.10. The fourth-order valence-corrected chi connectivity index (χ4v) is 3.41. The molecule has 19 heavy (non-hydrogen) atoms. The minimum absolute atomic E-state index is 0.155. The zero-order valence-electron chi connectivity index (χ0n) is 10.9. The Balaban J connectivity index is 2.66. The van der Waals surface area contributed by atoms with E-state index in [2.05, 4.69) is 25.6 Å². The van der Waals surface area contributed by atoms with Gasteiger partial charge in [-0.3, -0.25) is 4.79 Å². The molecule has 1 unspecified atom stereocenters. The molecule has 1 atom stereocenters. The van der Waals surface area contributed by atoms with Crippen LogP contribution in [0.2, 0.25) is 0 Å². The second-order valence-electron chi connectivity index (χ2n) is 4.07. The Morgan fingerprint density at radius 3 is 2.63 bits per heavy atom.